The molecule has 0 unspecified atom stereocenters. The first-order valence-electron chi connectivity index (χ1n) is 4.09. The molecule has 3 nitrogen and oxygen atoms in total. The van der Waals surface area contributed by atoms with Gasteiger partial charge in [-0.15, -0.1) is 0 Å². The Labute approximate surface area is 89.6 Å². The van der Waals surface area contributed by atoms with E-state index in [4.69, 9.17) is 5.73 Å². The number of hydrogen-bond acceptors (Lipinski definition) is 2. The molecule has 3 N–H and O–H groups in total. The molecule has 0 fully saturated rings. The molecule has 1 amide bonds. The molecule has 5 heteroatoms. The van der Waals surface area contributed by atoms with E-state index in [0.717, 1.165) is 6.07 Å². The van der Waals surface area contributed by atoms with Gasteiger partial charge in [-0.2, -0.15) is 0 Å². The fourth-order valence-corrected chi connectivity index (χ4v) is 1.50. The molecule has 0 aromatic heterocycles. The number of benzene rings is 1. The third kappa shape index (κ3) is 2.45. The third-order valence-corrected chi connectivity index (χ3v) is 2.30. The smallest absolute Gasteiger partial charge is 0.224 e. The summed E-state index contributed by atoms with van der Waals surface area (Å²) in [4.78, 5) is 11.1. The van der Waals surface area contributed by atoms with Crippen molar-refractivity contribution in [3.05, 3.63) is 22.4 Å². The predicted molar refractivity (Wildman–Crippen MR) is 57.4 cm³/mol. The molecule has 0 aliphatic rings. The molecule has 1 aromatic carbocycles. The molecule has 14 heavy (non-hydrogen) atoms. The van der Waals surface area contributed by atoms with Gasteiger partial charge in [-0.05, 0) is 28.1 Å². The SMILES string of the molecule is CCC(=O)Nc1c(N)cc(F)cc1Br. The summed E-state index contributed by atoms with van der Waals surface area (Å²) in [5, 5.41) is 2.58. The monoisotopic (exact) mass is 260 g/mol. The second-order valence-electron chi connectivity index (χ2n) is 2.75. The number of rotatable bonds is 2. The zero-order valence-electron chi connectivity index (χ0n) is 7.60. The highest BCUT2D eigenvalue weighted by molar-refractivity contribution is 9.10. The number of anilines is 2. The maximum Gasteiger partial charge on any atom is 0.224 e. The number of nitrogen functional groups attached to an aromatic ring is 1. The summed E-state index contributed by atoms with van der Waals surface area (Å²) in [6, 6.07) is 2.41. The Morgan fingerprint density at radius 3 is 2.79 bits per heavy atom. The molecular formula is C9H10BrFN2O. The molecule has 0 heterocycles. The summed E-state index contributed by atoms with van der Waals surface area (Å²) >= 11 is 3.12. The zero-order chi connectivity index (χ0) is 10.7. The number of carbonyl (C=O) groups excluding carboxylic acids is 1. The van der Waals surface area contributed by atoms with Crippen LogP contribution in [0, 0.1) is 5.82 Å². The van der Waals surface area contributed by atoms with E-state index in [-0.39, 0.29) is 11.6 Å². The molecule has 0 saturated carbocycles. The van der Waals surface area contributed by atoms with E-state index in [9.17, 15) is 9.18 Å². The highest BCUT2D eigenvalue weighted by Gasteiger charge is 2.09. The Morgan fingerprint density at radius 2 is 2.29 bits per heavy atom. The van der Waals surface area contributed by atoms with Crippen molar-refractivity contribution in [2.24, 2.45) is 0 Å². The van der Waals surface area contributed by atoms with Crippen LogP contribution in [0.5, 0.6) is 0 Å². The minimum absolute atomic E-state index is 0.163. The normalized spacial score (nSPS) is 9.93. The number of nitrogens with one attached hydrogen (secondary N) is 1. The first kappa shape index (κ1) is 11.0. The number of hydrogen-bond donors (Lipinski definition) is 2. The van der Waals surface area contributed by atoms with Crippen LogP contribution >= 0.6 is 15.9 Å². The first-order valence-corrected chi connectivity index (χ1v) is 4.88. The van der Waals surface area contributed by atoms with Gasteiger partial charge in [-0.3, -0.25) is 4.79 Å². The van der Waals surface area contributed by atoms with Gasteiger partial charge in [0.2, 0.25) is 5.91 Å². The van der Waals surface area contributed by atoms with Gasteiger partial charge in [-0.25, -0.2) is 4.39 Å². The molecule has 0 atom stereocenters. The van der Waals surface area contributed by atoms with Crippen LogP contribution in [0.25, 0.3) is 0 Å². The molecule has 1 aromatic rings. The Bertz CT molecular complexity index is 345. The van der Waals surface area contributed by atoms with Gasteiger partial charge in [-0.1, -0.05) is 6.92 Å². The van der Waals surface area contributed by atoms with Gasteiger partial charge in [0.25, 0.3) is 0 Å². The van der Waals surface area contributed by atoms with E-state index in [1.54, 1.807) is 6.92 Å². The molecular weight excluding hydrogens is 251 g/mol. The average molecular weight is 261 g/mol. The highest BCUT2D eigenvalue weighted by atomic mass is 79.9. The van der Waals surface area contributed by atoms with Crippen LogP contribution in [0.4, 0.5) is 15.8 Å². The molecule has 0 bridgehead atoms. The Hall–Kier alpha value is -1.10. The molecule has 0 aliphatic carbocycles. The Kier molecular flexibility index (Phi) is 3.46. The highest BCUT2D eigenvalue weighted by Crippen LogP contribution is 2.29. The van der Waals surface area contributed by atoms with E-state index in [2.05, 4.69) is 21.2 Å². The van der Waals surface area contributed by atoms with Crippen LogP contribution in [0.3, 0.4) is 0 Å². The fraction of sp³-hybridized carbons (Fsp3) is 0.222. The standard InChI is InChI=1S/C9H10BrFN2O/c1-2-8(14)13-9-6(10)3-5(11)4-7(9)12/h3-4H,2,12H2,1H3,(H,13,14). The molecule has 0 spiro atoms. The van der Waals surface area contributed by atoms with Crippen molar-refractivity contribution < 1.29 is 9.18 Å². The number of amides is 1. The van der Waals surface area contributed by atoms with Crippen LogP contribution in [-0.4, -0.2) is 5.91 Å². The lowest BCUT2D eigenvalue weighted by molar-refractivity contribution is -0.115. The van der Waals surface area contributed by atoms with Crippen LogP contribution in [0.1, 0.15) is 13.3 Å². The fourth-order valence-electron chi connectivity index (χ4n) is 0.953. The molecule has 0 saturated heterocycles. The predicted octanol–water partition coefficient (Wildman–Crippen LogP) is 2.52. The van der Waals surface area contributed by atoms with Crippen molar-refractivity contribution >= 4 is 33.2 Å². The largest absolute Gasteiger partial charge is 0.397 e. The van der Waals surface area contributed by atoms with E-state index in [1.807, 2.05) is 0 Å². The minimum atomic E-state index is -0.441. The number of carbonyl (C=O) groups is 1. The Morgan fingerprint density at radius 1 is 1.64 bits per heavy atom. The Balaban J connectivity index is 3.02. The third-order valence-electron chi connectivity index (χ3n) is 1.67. The van der Waals surface area contributed by atoms with Crippen molar-refractivity contribution in [2.75, 3.05) is 11.1 Å². The molecule has 0 aliphatic heterocycles. The second-order valence-corrected chi connectivity index (χ2v) is 3.61. The summed E-state index contributed by atoms with van der Waals surface area (Å²) < 4.78 is 13.2. The van der Waals surface area contributed by atoms with Gasteiger partial charge < -0.3 is 11.1 Å². The molecule has 0 radical (unpaired) electrons. The van der Waals surface area contributed by atoms with Crippen LogP contribution in [0.2, 0.25) is 0 Å². The first-order chi connectivity index (χ1) is 6.54. The van der Waals surface area contributed by atoms with E-state index < -0.39 is 5.82 Å². The maximum absolute atomic E-state index is 12.8. The van der Waals surface area contributed by atoms with Crippen molar-refractivity contribution in [1.82, 2.24) is 0 Å². The van der Waals surface area contributed by atoms with Gasteiger partial charge in [0.15, 0.2) is 0 Å². The van der Waals surface area contributed by atoms with Crippen molar-refractivity contribution in [2.45, 2.75) is 13.3 Å². The molecule has 76 valence electrons. The van der Waals surface area contributed by atoms with Gasteiger partial charge >= 0.3 is 0 Å². The van der Waals surface area contributed by atoms with Gasteiger partial charge in [0.05, 0.1) is 11.4 Å². The summed E-state index contributed by atoms with van der Waals surface area (Å²) in [6.45, 7) is 1.73. The quantitative estimate of drug-likeness (QED) is 0.803. The molecule has 1 rings (SSSR count). The topological polar surface area (TPSA) is 55.1 Å². The van der Waals surface area contributed by atoms with Crippen molar-refractivity contribution in [3.8, 4) is 0 Å². The van der Waals surface area contributed by atoms with E-state index in [0.29, 0.717) is 16.6 Å². The summed E-state index contributed by atoms with van der Waals surface area (Å²) in [7, 11) is 0. The zero-order valence-corrected chi connectivity index (χ0v) is 9.19. The van der Waals surface area contributed by atoms with Crippen molar-refractivity contribution in [1.29, 1.82) is 0 Å². The lowest BCUT2D eigenvalue weighted by Crippen LogP contribution is -2.11. The lowest BCUT2D eigenvalue weighted by Gasteiger charge is -2.09. The maximum atomic E-state index is 12.8. The van der Waals surface area contributed by atoms with E-state index >= 15 is 0 Å². The van der Waals surface area contributed by atoms with Gasteiger partial charge in [0, 0.05) is 10.9 Å². The van der Waals surface area contributed by atoms with Crippen molar-refractivity contribution in [3.63, 3.8) is 0 Å². The summed E-state index contributed by atoms with van der Waals surface area (Å²) in [5.74, 6) is -0.604. The van der Waals surface area contributed by atoms with Crippen LogP contribution < -0.4 is 11.1 Å². The summed E-state index contributed by atoms with van der Waals surface area (Å²) in [5.41, 5.74) is 6.16. The van der Waals surface area contributed by atoms with E-state index in [1.165, 1.54) is 6.07 Å². The number of nitrogens with two attached hydrogens (primary N) is 1. The average Bonchev–Trinajstić information content (AvgIpc) is 2.10. The van der Waals surface area contributed by atoms with Crippen LogP contribution in [0.15, 0.2) is 16.6 Å². The summed E-state index contributed by atoms with van der Waals surface area (Å²) in [6.07, 6.45) is 0.350. The second kappa shape index (κ2) is 4.41. The van der Waals surface area contributed by atoms with Gasteiger partial charge in [0.1, 0.15) is 5.82 Å². The van der Waals surface area contributed by atoms with Crippen LogP contribution in [-0.2, 0) is 4.79 Å². The lowest BCUT2D eigenvalue weighted by atomic mass is 10.2. The minimum Gasteiger partial charge on any atom is -0.397 e. The number of halogens is 2.